The van der Waals surface area contributed by atoms with Gasteiger partial charge in [-0.3, -0.25) is 4.79 Å². The van der Waals surface area contributed by atoms with Gasteiger partial charge in [-0.1, -0.05) is 36.4 Å². The fraction of sp³-hybridized carbons (Fsp3) is 0. The van der Waals surface area contributed by atoms with Crippen LogP contribution >= 0.6 is 0 Å². The molecule has 0 N–H and O–H groups in total. The first kappa shape index (κ1) is 11.8. The van der Waals surface area contributed by atoms with Crippen LogP contribution in [-0.4, -0.2) is 9.97 Å². The van der Waals surface area contributed by atoms with Crippen LogP contribution < -0.4 is 5.56 Å². The van der Waals surface area contributed by atoms with E-state index in [1.54, 1.807) is 18.3 Å². The maximum absolute atomic E-state index is 12.1. The number of fused-ring (bicyclic) bond motifs is 2. The quantitative estimate of drug-likeness (QED) is 0.534. The van der Waals surface area contributed by atoms with E-state index in [4.69, 9.17) is 4.42 Å². The van der Waals surface area contributed by atoms with Crippen molar-refractivity contribution in [3.05, 3.63) is 71.1 Å². The zero-order valence-electron chi connectivity index (χ0n) is 11.0. The lowest BCUT2D eigenvalue weighted by molar-refractivity contribution is 0.594. The number of rotatable bonds is 1. The molecule has 4 aromatic rings. The number of hydrogen-bond acceptors (Lipinski definition) is 4. The highest BCUT2D eigenvalue weighted by atomic mass is 16.3. The topological polar surface area (TPSA) is 56.0 Å². The third kappa shape index (κ3) is 1.89. The monoisotopic (exact) mass is 274 g/mol. The van der Waals surface area contributed by atoms with E-state index in [1.165, 1.54) is 0 Å². The fourth-order valence-electron chi connectivity index (χ4n) is 2.43. The maximum Gasteiger partial charge on any atom is 0.302 e. The van der Waals surface area contributed by atoms with Crippen molar-refractivity contribution >= 4 is 21.9 Å². The molecule has 0 aliphatic rings. The molecular formula is C17H10N2O2. The number of aromatic nitrogens is 2. The van der Waals surface area contributed by atoms with E-state index >= 15 is 0 Å². The predicted molar refractivity (Wildman–Crippen MR) is 81.0 cm³/mol. The molecule has 4 rings (SSSR count). The molecule has 21 heavy (non-hydrogen) atoms. The minimum atomic E-state index is -0.375. The molecule has 0 aliphatic carbocycles. The molecule has 4 nitrogen and oxygen atoms in total. The number of hydrogen-bond donors (Lipinski definition) is 0. The van der Waals surface area contributed by atoms with Crippen LogP contribution in [0.1, 0.15) is 0 Å². The van der Waals surface area contributed by atoms with Crippen LogP contribution in [0.25, 0.3) is 33.3 Å². The molecule has 0 bridgehead atoms. The third-order valence-corrected chi connectivity index (χ3v) is 3.40. The van der Waals surface area contributed by atoms with E-state index in [0.29, 0.717) is 11.5 Å². The van der Waals surface area contributed by atoms with Crippen molar-refractivity contribution < 1.29 is 4.42 Å². The van der Waals surface area contributed by atoms with E-state index in [0.717, 1.165) is 16.3 Å². The first-order valence-corrected chi connectivity index (χ1v) is 6.57. The van der Waals surface area contributed by atoms with E-state index < -0.39 is 0 Å². The minimum absolute atomic E-state index is 0.251. The van der Waals surface area contributed by atoms with Crippen molar-refractivity contribution in [2.24, 2.45) is 0 Å². The molecule has 0 atom stereocenters. The van der Waals surface area contributed by atoms with Gasteiger partial charge >= 0.3 is 5.56 Å². The Kier molecular flexibility index (Phi) is 2.54. The summed E-state index contributed by atoms with van der Waals surface area (Å²) >= 11 is 0. The second-order valence-electron chi connectivity index (χ2n) is 4.70. The average molecular weight is 274 g/mol. The Morgan fingerprint density at radius 3 is 2.71 bits per heavy atom. The first-order valence-electron chi connectivity index (χ1n) is 6.57. The van der Waals surface area contributed by atoms with Gasteiger partial charge < -0.3 is 4.42 Å². The first-order chi connectivity index (χ1) is 10.3. The summed E-state index contributed by atoms with van der Waals surface area (Å²) < 4.78 is 5.76. The Labute approximate surface area is 119 Å². The molecule has 2 heterocycles. The van der Waals surface area contributed by atoms with Crippen molar-refractivity contribution in [3.63, 3.8) is 0 Å². The second-order valence-corrected chi connectivity index (χ2v) is 4.70. The summed E-state index contributed by atoms with van der Waals surface area (Å²) in [4.78, 5) is 20.1. The molecule has 0 saturated heterocycles. The van der Waals surface area contributed by atoms with E-state index in [9.17, 15) is 4.79 Å². The summed E-state index contributed by atoms with van der Waals surface area (Å²) in [7, 11) is 0. The number of benzene rings is 2. The van der Waals surface area contributed by atoms with Crippen molar-refractivity contribution in [3.8, 4) is 11.5 Å². The van der Waals surface area contributed by atoms with Gasteiger partial charge in [-0.05, 0) is 29.0 Å². The molecule has 0 aliphatic heterocycles. The van der Waals surface area contributed by atoms with Crippen LogP contribution in [0.5, 0.6) is 0 Å². The molecule has 0 amide bonds. The zero-order chi connectivity index (χ0) is 14.2. The number of nitrogens with zero attached hydrogens (tertiary/aromatic N) is 2. The molecule has 0 saturated carbocycles. The summed E-state index contributed by atoms with van der Waals surface area (Å²) in [6.45, 7) is 0. The van der Waals surface area contributed by atoms with Crippen LogP contribution in [-0.2, 0) is 0 Å². The second kappa shape index (κ2) is 4.52. The van der Waals surface area contributed by atoms with Crippen molar-refractivity contribution in [1.82, 2.24) is 9.97 Å². The van der Waals surface area contributed by atoms with Gasteiger partial charge in [0.15, 0.2) is 11.1 Å². The standard InChI is InChI=1S/C17H10N2O2/c20-16-15-14(9-4-10-18-15)21-17(19-16)13-8-3-6-11-5-1-2-7-12(11)13/h1-10H. The van der Waals surface area contributed by atoms with Crippen LogP contribution in [0.2, 0.25) is 0 Å². The molecule has 0 unspecified atom stereocenters. The van der Waals surface area contributed by atoms with Crippen molar-refractivity contribution in [2.45, 2.75) is 0 Å². The minimum Gasteiger partial charge on any atom is -0.436 e. The van der Waals surface area contributed by atoms with Gasteiger partial charge in [-0.15, -0.1) is 0 Å². The van der Waals surface area contributed by atoms with Gasteiger partial charge in [-0.25, -0.2) is 4.98 Å². The SMILES string of the molecule is O=c1nc(-c2cccc3ccccc23)oc2cccnc12. The Balaban J connectivity index is 2.07. The van der Waals surface area contributed by atoms with Crippen LogP contribution in [0.4, 0.5) is 0 Å². The molecule has 4 heteroatoms. The van der Waals surface area contributed by atoms with Crippen LogP contribution in [0, 0.1) is 0 Å². The van der Waals surface area contributed by atoms with Gasteiger partial charge in [0.05, 0.1) is 0 Å². The van der Waals surface area contributed by atoms with E-state index in [2.05, 4.69) is 9.97 Å². The van der Waals surface area contributed by atoms with Crippen molar-refractivity contribution in [2.75, 3.05) is 0 Å². The highest BCUT2D eigenvalue weighted by molar-refractivity contribution is 5.95. The van der Waals surface area contributed by atoms with Crippen molar-refractivity contribution in [1.29, 1.82) is 0 Å². The van der Waals surface area contributed by atoms with Gasteiger partial charge in [0.1, 0.15) is 0 Å². The summed E-state index contributed by atoms with van der Waals surface area (Å²) in [6.07, 6.45) is 1.55. The summed E-state index contributed by atoms with van der Waals surface area (Å²) in [6, 6.07) is 17.2. The fourth-order valence-corrected chi connectivity index (χ4v) is 2.43. The Morgan fingerprint density at radius 2 is 1.76 bits per heavy atom. The lowest BCUT2D eigenvalue weighted by Crippen LogP contribution is -2.08. The Hall–Kier alpha value is -3.01. The average Bonchev–Trinajstić information content (AvgIpc) is 2.54. The van der Waals surface area contributed by atoms with Gasteiger partial charge in [0.2, 0.25) is 5.89 Å². The van der Waals surface area contributed by atoms with Crippen LogP contribution in [0.15, 0.2) is 70.0 Å². The zero-order valence-corrected chi connectivity index (χ0v) is 11.0. The molecular weight excluding hydrogens is 264 g/mol. The van der Waals surface area contributed by atoms with E-state index in [-0.39, 0.29) is 11.1 Å². The van der Waals surface area contributed by atoms with Gasteiger partial charge in [0, 0.05) is 11.8 Å². The number of pyridine rings is 1. The van der Waals surface area contributed by atoms with Crippen LogP contribution in [0.3, 0.4) is 0 Å². The highest BCUT2D eigenvalue weighted by Crippen LogP contribution is 2.27. The lowest BCUT2D eigenvalue weighted by atomic mass is 10.0. The van der Waals surface area contributed by atoms with Gasteiger partial charge in [-0.2, -0.15) is 4.98 Å². The Bertz CT molecular complexity index is 1020. The summed E-state index contributed by atoms with van der Waals surface area (Å²) in [5.74, 6) is 0.317. The molecule has 0 spiro atoms. The predicted octanol–water partition coefficient (Wildman–Crippen LogP) is 3.40. The molecule has 100 valence electrons. The summed E-state index contributed by atoms with van der Waals surface area (Å²) in [5.41, 5.74) is 1.12. The van der Waals surface area contributed by atoms with Gasteiger partial charge in [0.25, 0.3) is 0 Å². The maximum atomic E-state index is 12.1. The third-order valence-electron chi connectivity index (χ3n) is 3.40. The van der Waals surface area contributed by atoms with E-state index in [1.807, 2.05) is 42.5 Å². The summed E-state index contributed by atoms with van der Waals surface area (Å²) in [5, 5.41) is 2.07. The molecule has 2 aromatic carbocycles. The Morgan fingerprint density at radius 1 is 0.905 bits per heavy atom. The lowest BCUT2D eigenvalue weighted by Gasteiger charge is -2.05. The highest BCUT2D eigenvalue weighted by Gasteiger charge is 2.11. The smallest absolute Gasteiger partial charge is 0.302 e. The molecule has 0 fully saturated rings. The molecule has 0 radical (unpaired) electrons. The molecule has 2 aromatic heterocycles. The largest absolute Gasteiger partial charge is 0.436 e. The normalized spacial score (nSPS) is 11.0.